The lowest BCUT2D eigenvalue weighted by molar-refractivity contribution is -0.384. The molecule has 134 valence electrons. The van der Waals surface area contributed by atoms with Gasteiger partial charge >= 0.3 is 0 Å². The van der Waals surface area contributed by atoms with Gasteiger partial charge in [0.05, 0.1) is 11.1 Å². The van der Waals surface area contributed by atoms with Crippen LogP contribution in [-0.2, 0) is 0 Å². The molecule has 0 unspecified atom stereocenters. The largest absolute Gasteiger partial charge is 0.457 e. The molecule has 0 atom stereocenters. The lowest BCUT2D eigenvalue weighted by Crippen LogP contribution is -2.17. The average molecular weight is 361 g/mol. The number of amides is 1. The highest BCUT2D eigenvalue weighted by molar-refractivity contribution is 5.95. The molecule has 0 aliphatic rings. The van der Waals surface area contributed by atoms with Crippen molar-refractivity contribution in [2.75, 3.05) is 0 Å². The summed E-state index contributed by atoms with van der Waals surface area (Å²) in [6, 6.07) is 21.9. The molecule has 0 aliphatic carbocycles. The van der Waals surface area contributed by atoms with Crippen molar-refractivity contribution in [3.8, 4) is 11.5 Å². The first-order valence-corrected chi connectivity index (χ1v) is 8.03. The normalized spacial score (nSPS) is 10.5. The van der Waals surface area contributed by atoms with E-state index in [1.54, 1.807) is 6.07 Å². The highest BCUT2D eigenvalue weighted by atomic mass is 16.6. The molecule has 0 aromatic heterocycles. The number of hydrogen-bond donors (Lipinski definition) is 1. The van der Waals surface area contributed by atoms with Crippen LogP contribution in [0.25, 0.3) is 0 Å². The van der Waals surface area contributed by atoms with E-state index in [0.717, 1.165) is 11.3 Å². The summed E-state index contributed by atoms with van der Waals surface area (Å²) in [6.07, 6.45) is 1.49. The Labute approximate surface area is 155 Å². The number of rotatable bonds is 6. The molecule has 27 heavy (non-hydrogen) atoms. The molecule has 3 aromatic rings. The minimum Gasteiger partial charge on any atom is -0.457 e. The Kier molecular flexibility index (Phi) is 5.54. The van der Waals surface area contributed by atoms with Gasteiger partial charge in [-0.3, -0.25) is 14.9 Å². The third-order valence-electron chi connectivity index (χ3n) is 3.56. The van der Waals surface area contributed by atoms with E-state index in [1.807, 2.05) is 48.5 Å². The molecule has 7 heteroatoms. The molecule has 1 N–H and O–H groups in total. The van der Waals surface area contributed by atoms with Gasteiger partial charge in [-0.25, -0.2) is 5.43 Å². The molecular weight excluding hydrogens is 346 g/mol. The Morgan fingerprint density at radius 3 is 2.37 bits per heavy atom. The van der Waals surface area contributed by atoms with Gasteiger partial charge in [-0.2, -0.15) is 5.10 Å². The first-order chi connectivity index (χ1) is 13.1. The molecular formula is C20H15N3O4. The number of hydrogen-bond acceptors (Lipinski definition) is 5. The summed E-state index contributed by atoms with van der Waals surface area (Å²) in [5.41, 5.74) is 3.33. The van der Waals surface area contributed by atoms with Gasteiger partial charge in [0.1, 0.15) is 11.5 Å². The number of para-hydroxylation sites is 1. The predicted octanol–water partition coefficient (Wildman–Crippen LogP) is 4.15. The van der Waals surface area contributed by atoms with Crippen LogP contribution in [0.5, 0.6) is 11.5 Å². The van der Waals surface area contributed by atoms with Crippen LogP contribution in [0.1, 0.15) is 15.9 Å². The van der Waals surface area contributed by atoms with Crippen molar-refractivity contribution in [1.82, 2.24) is 5.43 Å². The van der Waals surface area contributed by atoms with Crippen molar-refractivity contribution in [2.24, 2.45) is 5.10 Å². The van der Waals surface area contributed by atoms with Crippen LogP contribution in [-0.4, -0.2) is 17.0 Å². The lowest BCUT2D eigenvalue weighted by atomic mass is 10.2. The molecule has 0 heterocycles. The van der Waals surface area contributed by atoms with Crippen molar-refractivity contribution >= 4 is 17.8 Å². The van der Waals surface area contributed by atoms with E-state index < -0.39 is 10.8 Å². The molecule has 0 saturated carbocycles. The number of nitrogens with one attached hydrogen (secondary N) is 1. The van der Waals surface area contributed by atoms with Crippen LogP contribution in [0.3, 0.4) is 0 Å². The van der Waals surface area contributed by atoms with Gasteiger partial charge in [0.2, 0.25) is 0 Å². The van der Waals surface area contributed by atoms with Crippen LogP contribution in [0, 0.1) is 10.1 Å². The summed E-state index contributed by atoms with van der Waals surface area (Å²) in [5, 5.41) is 14.5. The van der Waals surface area contributed by atoms with Gasteiger partial charge < -0.3 is 4.74 Å². The zero-order valence-corrected chi connectivity index (χ0v) is 14.1. The molecule has 0 bridgehead atoms. The van der Waals surface area contributed by atoms with Crippen LogP contribution >= 0.6 is 0 Å². The van der Waals surface area contributed by atoms with E-state index in [1.165, 1.54) is 30.5 Å². The summed E-state index contributed by atoms with van der Waals surface area (Å²) in [5.74, 6) is 0.905. The fourth-order valence-electron chi connectivity index (χ4n) is 2.25. The Morgan fingerprint density at radius 2 is 1.67 bits per heavy atom. The van der Waals surface area contributed by atoms with Gasteiger partial charge in [0, 0.05) is 17.7 Å². The fourth-order valence-corrected chi connectivity index (χ4v) is 2.25. The maximum absolute atomic E-state index is 12.0. The van der Waals surface area contributed by atoms with Crippen molar-refractivity contribution < 1.29 is 14.5 Å². The Balaban J connectivity index is 1.61. The Hall–Kier alpha value is -4.00. The SMILES string of the molecule is O=C(N/N=C/c1cccc(Oc2ccccc2)c1)c1ccc([N+](=O)[O-])cc1. The highest BCUT2D eigenvalue weighted by Crippen LogP contribution is 2.21. The van der Waals surface area contributed by atoms with Crippen molar-refractivity contribution in [2.45, 2.75) is 0 Å². The quantitative estimate of drug-likeness (QED) is 0.405. The predicted molar refractivity (Wildman–Crippen MR) is 101 cm³/mol. The lowest BCUT2D eigenvalue weighted by Gasteiger charge is -2.05. The van der Waals surface area contributed by atoms with Crippen molar-refractivity contribution in [1.29, 1.82) is 0 Å². The van der Waals surface area contributed by atoms with Crippen LogP contribution in [0.2, 0.25) is 0 Å². The van der Waals surface area contributed by atoms with E-state index in [0.29, 0.717) is 5.75 Å². The standard InChI is InChI=1S/C20H15N3O4/c24-20(16-9-11-17(12-10-16)23(25)26)22-21-14-15-5-4-8-19(13-15)27-18-6-2-1-3-7-18/h1-14H,(H,22,24)/b21-14+. The number of carbonyl (C=O) groups is 1. The monoisotopic (exact) mass is 361 g/mol. The molecule has 1 amide bonds. The molecule has 0 aliphatic heterocycles. The molecule has 0 saturated heterocycles. The minimum atomic E-state index is -0.523. The maximum atomic E-state index is 12.0. The van der Waals surface area contributed by atoms with E-state index in [9.17, 15) is 14.9 Å². The van der Waals surface area contributed by atoms with Gasteiger partial charge in [0.15, 0.2) is 0 Å². The van der Waals surface area contributed by atoms with Crippen LogP contribution in [0.4, 0.5) is 5.69 Å². The number of carbonyl (C=O) groups excluding carboxylic acids is 1. The zero-order chi connectivity index (χ0) is 19.1. The third-order valence-corrected chi connectivity index (χ3v) is 3.56. The molecule has 3 aromatic carbocycles. The topological polar surface area (TPSA) is 93.8 Å². The number of nitro groups is 1. The van der Waals surface area contributed by atoms with Crippen LogP contribution in [0.15, 0.2) is 84.0 Å². The molecule has 7 nitrogen and oxygen atoms in total. The average Bonchev–Trinajstić information content (AvgIpc) is 2.69. The second-order valence-corrected chi connectivity index (χ2v) is 5.49. The molecule has 0 fully saturated rings. The second kappa shape index (κ2) is 8.39. The summed E-state index contributed by atoms with van der Waals surface area (Å²) in [4.78, 5) is 22.1. The molecule has 3 rings (SSSR count). The number of ether oxygens (including phenoxy) is 1. The van der Waals surface area contributed by atoms with Gasteiger partial charge in [-0.1, -0.05) is 30.3 Å². The Bertz CT molecular complexity index is 970. The van der Waals surface area contributed by atoms with E-state index in [2.05, 4.69) is 10.5 Å². The number of hydrazone groups is 1. The summed E-state index contributed by atoms with van der Waals surface area (Å²) < 4.78 is 5.74. The maximum Gasteiger partial charge on any atom is 0.271 e. The van der Waals surface area contributed by atoms with Gasteiger partial charge in [0.25, 0.3) is 11.6 Å². The number of benzene rings is 3. The fraction of sp³-hybridized carbons (Fsp3) is 0. The van der Waals surface area contributed by atoms with E-state index in [4.69, 9.17) is 4.74 Å². The number of non-ortho nitro benzene ring substituents is 1. The van der Waals surface area contributed by atoms with E-state index >= 15 is 0 Å². The zero-order valence-electron chi connectivity index (χ0n) is 14.1. The van der Waals surface area contributed by atoms with Crippen molar-refractivity contribution in [3.05, 3.63) is 100 Å². The highest BCUT2D eigenvalue weighted by Gasteiger charge is 2.08. The summed E-state index contributed by atoms with van der Waals surface area (Å²) >= 11 is 0. The van der Waals surface area contributed by atoms with Crippen molar-refractivity contribution in [3.63, 3.8) is 0 Å². The first kappa shape index (κ1) is 17.8. The van der Waals surface area contributed by atoms with E-state index in [-0.39, 0.29) is 11.3 Å². The smallest absolute Gasteiger partial charge is 0.271 e. The first-order valence-electron chi connectivity index (χ1n) is 8.03. The summed E-state index contributed by atoms with van der Waals surface area (Å²) in [7, 11) is 0. The minimum absolute atomic E-state index is 0.0784. The number of nitro benzene ring substituents is 1. The van der Waals surface area contributed by atoms with Gasteiger partial charge in [-0.05, 0) is 42.0 Å². The molecule has 0 radical (unpaired) electrons. The second-order valence-electron chi connectivity index (χ2n) is 5.49. The third kappa shape index (κ3) is 4.99. The van der Waals surface area contributed by atoms with Crippen LogP contribution < -0.4 is 10.2 Å². The number of nitrogens with zero attached hydrogens (tertiary/aromatic N) is 2. The summed E-state index contributed by atoms with van der Waals surface area (Å²) in [6.45, 7) is 0. The Morgan fingerprint density at radius 1 is 0.963 bits per heavy atom. The van der Waals surface area contributed by atoms with Gasteiger partial charge in [-0.15, -0.1) is 0 Å². The molecule has 0 spiro atoms.